The molecule has 1 fully saturated rings. The molecule has 1 heterocycles. The molecule has 2 rings (SSSR count). The van der Waals surface area contributed by atoms with Crippen molar-refractivity contribution in [2.75, 3.05) is 19.6 Å². The van der Waals surface area contributed by atoms with Crippen LogP contribution in [0.4, 0.5) is 0 Å². The van der Waals surface area contributed by atoms with E-state index in [9.17, 15) is 10.2 Å². The van der Waals surface area contributed by atoms with Crippen LogP contribution < -0.4 is 0 Å². The largest absolute Gasteiger partial charge is 0.392 e. The van der Waals surface area contributed by atoms with Crippen molar-refractivity contribution in [2.24, 2.45) is 0 Å². The predicted molar refractivity (Wildman–Crippen MR) is 87.5 cm³/mol. The van der Waals surface area contributed by atoms with Gasteiger partial charge in [-0.25, -0.2) is 0 Å². The van der Waals surface area contributed by atoms with E-state index in [1.165, 1.54) is 32.1 Å². The smallest absolute Gasteiger partial charge is 0.0815 e. The molecule has 0 aliphatic carbocycles. The number of likely N-dealkylation sites (tertiary alicyclic amines) is 1. The summed E-state index contributed by atoms with van der Waals surface area (Å²) in [6, 6.07) is 7.25. The summed E-state index contributed by atoms with van der Waals surface area (Å²) in [5, 5.41) is 29.5. The molecule has 1 aromatic carbocycles. The van der Waals surface area contributed by atoms with Crippen molar-refractivity contribution in [1.82, 2.24) is 4.90 Å². The number of benzene rings is 1. The van der Waals surface area contributed by atoms with Gasteiger partial charge in [0.1, 0.15) is 0 Å². The van der Waals surface area contributed by atoms with Crippen molar-refractivity contribution in [1.29, 1.82) is 0 Å². The van der Waals surface area contributed by atoms with Crippen molar-refractivity contribution < 1.29 is 15.3 Å². The van der Waals surface area contributed by atoms with E-state index in [0.29, 0.717) is 13.0 Å². The molecule has 4 nitrogen and oxygen atoms in total. The first-order valence-corrected chi connectivity index (χ1v) is 8.47. The van der Waals surface area contributed by atoms with E-state index in [1.54, 1.807) is 0 Å². The van der Waals surface area contributed by atoms with Crippen molar-refractivity contribution >= 4 is 0 Å². The SMILES string of the molecule is OCc1ccc([C@H](O)C[C@H](O)CN2CCCCCCC2)cc1. The summed E-state index contributed by atoms with van der Waals surface area (Å²) in [5.41, 5.74) is 1.63. The number of aliphatic hydroxyl groups is 3. The van der Waals surface area contributed by atoms with Crippen LogP contribution in [0, 0.1) is 0 Å². The zero-order chi connectivity index (χ0) is 15.8. The number of hydrogen-bond donors (Lipinski definition) is 3. The average molecular weight is 307 g/mol. The zero-order valence-corrected chi connectivity index (χ0v) is 13.3. The van der Waals surface area contributed by atoms with E-state index >= 15 is 0 Å². The third-order valence-electron chi connectivity index (χ3n) is 4.46. The number of nitrogens with zero attached hydrogens (tertiary/aromatic N) is 1. The molecule has 0 bridgehead atoms. The lowest BCUT2D eigenvalue weighted by Gasteiger charge is -2.27. The summed E-state index contributed by atoms with van der Waals surface area (Å²) in [7, 11) is 0. The number of β-amino-alcohol motifs (C(OH)–C–C–N with tert-alkyl or cyclic N) is 1. The van der Waals surface area contributed by atoms with Gasteiger partial charge in [-0.1, -0.05) is 43.5 Å². The first-order chi connectivity index (χ1) is 10.7. The van der Waals surface area contributed by atoms with Crippen LogP contribution in [-0.4, -0.2) is 46.0 Å². The summed E-state index contributed by atoms with van der Waals surface area (Å²) < 4.78 is 0. The van der Waals surface area contributed by atoms with Gasteiger partial charge in [-0.15, -0.1) is 0 Å². The van der Waals surface area contributed by atoms with E-state index in [4.69, 9.17) is 5.11 Å². The zero-order valence-electron chi connectivity index (χ0n) is 13.3. The molecule has 22 heavy (non-hydrogen) atoms. The van der Waals surface area contributed by atoms with Gasteiger partial charge >= 0.3 is 0 Å². The van der Waals surface area contributed by atoms with Crippen LogP contribution in [0.15, 0.2) is 24.3 Å². The van der Waals surface area contributed by atoms with Gasteiger partial charge in [-0.2, -0.15) is 0 Å². The standard InChI is InChI=1S/C18H29NO3/c20-14-15-6-8-16(9-7-15)18(22)12-17(21)13-19-10-4-2-1-3-5-11-19/h6-9,17-18,20-22H,1-5,10-14H2/t17-,18+/m0/s1. The maximum atomic E-state index is 10.3. The molecule has 1 aliphatic heterocycles. The van der Waals surface area contributed by atoms with Crippen LogP contribution in [0.3, 0.4) is 0 Å². The minimum atomic E-state index is -0.655. The topological polar surface area (TPSA) is 63.9 Å². The minimum absolute atomic E-state index is 0.00790. The van der Waals surface area contributed by atoms with Gasteiger partial charge in [0, 0.05) is 13.0 Å². The highest BCUT2D eigenvalue weighted by molar-refractivity contribution is 5.23. The number of rotatable bonds is 6. The van der Waals surface area contributed by atoms with Crippen LogP contribution in [-0.2, 0) is 6.61 Å². The summed E-state index contributed by atoms with van der Waals surface area (Å²) in [5.74, 6) is 0. The second-order valence-corrected chi connectivity index (χ2v) is 6.37. The number of aliphatic hydroxyl groups excluding tert-OH is 3. The summed E-state index contributed by atoms with van der Waals surface area (Å²) in [4.78, 5) is 2.32. The molecular weight excluding hydrogens is 278 g/mol. The van der Waals surface area contributed by atoms with Crippen LogP contribution in [0.25, 0.3) is 0 Å². The molecule has 2 atom stereocenters. The first-order valence-electron chi connectivity index (χ1n) is 8.47. The lowest BCUT2D eigenvalue weighted by Crippen LogP contribution is -2.35. The molecule has 0 saturated carbocycles. The molecule has 0 aromatic heterocycles. The van der Waals surface area contributed by atoms with E-state index < -0.39 is 12.2 Å². The summed E-state index contributed by atoms with van der Waals surface area (Å²) >= 11 is 0. The minimum Gasteiger partial charge on any atom is -0.392 e. The molecule has 4 heteroatoms. The molecule has 0 spiro atoms. The summed E-state index contributed by atoms with van der Waals surface area (Å²) in [6.45, 7) is 2.76. The Bertz CT molecular complexity index is 413. The van der Waals surface area contributed by atoms with E-state index in [0.717, 1.165) is 24.2 Å². The van der Waals surface area contributed by atoms with Crippen LogP contribution >= 0.6 is 0 Å². The molecule has 1 aliphatic rings. The molecule has 124 valence electrons. The van der Waals surface area contributed by atoms with Crippen molar-refractivity contribution in [3.8, 4) is 0 Å². The van der Waals surface area contributed by atoms with E-state index in [1.807, 2.05) is 24.3 Å². The Morgan fingerprint density at radius 3 is 2.09 bits per heavy atom. The van der Waals surface area contributed by atoms with Gasteiger partial charge in [0.25, 0.3) is 0 Å². The van der Waals surface area contributed by atoms with E-state index in [-0.39, 0.29) is 6.61 Å². The predicted octanol–water partition coefficient (Wildman–Crippen LogP) is 2.23. The highest BCUT2D eigenvalue weighted by atomic mass is 16.3. The highest BCUT2D eigenvalue weighted by Crippen LogP contribution is 2.20. The molecular formula is C18H29NO3. The monoisotopic (exact) mass is 307 g/mol. The van der Waals surface area contributed by atoms with Gasteiger partial charge in [0.15, 0.2) is 0 Å². The fraction of sp³-hybridized carbons (Fsp3) is 0.667. The third-order valence-corrected chi connectivity index (χ3v) is 4.46. The Labute approximate surface area is 133 Å². The molecule has 0 unspecified atom stereocenters. The summed E-state index contributed by atoms with van der Waals surface area (Å²) in [6.07, 6.45) is 5.51. The fourth-order valence-electron chi connectivity index (χ4n) is 3.11. The molecule has 0 radical (unpaired) electrons. The quantitative estimate of drug-likeness (QED) is 0.754. The second kappa shape index (κ2) is 9.26. The van der Waals surface area contributed by atoms with Gasteiger partial charge in [0.2, 0.25) is 0 Å². The number of hydrogen-bond acceptors (Lipinski definition) is 4. The fourth-order valence-corrected chi connectivity index (χ4v) is 3.11. The van der Waals surface area contributed by atoms with Crippen molar-refractivity contribution in [3.63, 3.8) is 0 Å². The Morgan fingerprint density at radius 2 is 1.50 bits per heavy atom. The van der Waals surface area contributed by atoms with Crippen LogP contribution in [0.5, 0.6) is 0 Å². The lowest BCUT2D eigenvalue weighted by atomic mass is 10.0. The van der Waals surface area contributed by atoms with Crippen molar-refractivity contribution in [3.05, 3.63) is 35.4 Å². The van der Waals surface area contributed by atoms with Gasteiger partial charge in [-0.3, -0.25) is 0 Å². The van der Waals surface area contributed by atoms with Gasteiger partial charge in [0.05, 0.1) is 18.8 Å². The molecule has 3 N–H and O–H groups in total. The average Bonchev–Trinajstić information content (AvgIpc) is 2.50. The third kappa shape index (κ3) is 5.69. The maximum absolute atomic E-state index is 10.3. The Kier molecular flexibility index (Phi) is 7.33. The molecule has 1 saturated heterocycles. The van der Waals surface area contributed by atoms with Crippen LogP contribution in [0.2, 0.25) is 0 Å². The lowest BCUT2D eigenvalue weighted by molar-refractivity contribution is 0.0516. The van der Waals surface area contributed by atoms with Gasteiger partial charge in [-0.05, 0) is 37.1 Å². The first kappa shape index (κ1) is 17.4. The highest BCUT2D eigenvalue weighted by Gasteiger charge is 2.17. The Morgan fingerprint density at radius 1 is 0.909 bits per heavy atom. The molecule has 0 amide bonds. The van der Waals surface area contributed by atoms with E-state index in [2.05, 4.69) is 4.90 Å². The van der Waals surface area contributed by atoms with Gasteiger partial charge < -0.3 is 20.2 Å². The second-order valence-electron chi connectivity index (χ2n) is 6.37. The maximum Gasteiger partial charge on any atom is 0.0815 e. The van der Waals surface area contributed by atoms with Crippen LogP contribution in [0.1, 0.15) is 55.8 Å². The Balaban J connectivity index is 1.80. The molecule has 1 aromatic rings. The Hall–Kier alpha value is -0.940. The normalized spacial score (nSPS) is 20.1. The van der Waals surface area contributed by atoms with Crippen molar-refractivity contribution in [2.45, 2.75) is 57.3 Å².